The lowest BCUT2D eigenvalue weighted by molar-refractivity contribution is 0.257. The Morgan fingerprint density at radius 3 is 2.52 bits per heavy atom. The Labute approximate surface area is 123 Å². The van der Waals surface area contributed by atoms with Crippen LogP contribution < -0.4 is 5.73 Å². The summed E-state index contributed by atoms with van der Waals surface area (Å²) in [6, 6.07) is 4.73. The molecule has 1 saturated carbocycles. The summed E-state index contributed by atoms with van der Waals surface area (Å²) in [6.45, 7) is 1.84. The van der Waals surface area contributed by atoms with Crippen molar-refractivity contribution in [1.82, 2.24) is 10.1 Å². The van der Waals surface area contributed by atoms with Crippen molar-refractivity contribution in [2.75, 3.05) is 0 Å². The van der Waals surface area contributed by atoms with E-state index in [4.69, 9.17) is 10.3 Å². The van der Waals surface area contributed by atoms with Crippen molar-refractivity contribution in [2.45, 2.75) is 51.0 Å². The summed E-state index contributed by atoms with van der Waals surface area (Å²) in [7, 11) is 0. The van der Waals surface area contributed by atoms with Crippen LogP contribution in [0.1, 0.15) is 50.0 Å². The second-order valence-electron chi connectivity index (χ2n) is 6.01. The second-order valence-corrected chi connectivity index (χ2v) is 6.01. The van der Waals surface area contributed by atoms with Gasteiger partial charge in [-0.2, -0.15) is 4.98 Å². The van der Waals surface area contributed by atoms with Crippen molar-refractivity contribution < 1.29 is 8.91 Å². The fraction of sp³-hybridized carbons (Fsp3) is 0.500. The second kappa shape index (κ2) is 5.56. The summed E-state index contributed by atoms with van der Waals surface area (Å²) < 4.78 is 18.9. The number of rotatable bonds is 2. The molecule has 0 amide bonds. The van der Waals surface area contributed by atoms with E-state index in [-0.39, 0.29) is 5.82 Å². The lowest BCUT2D eigenvalue weighted by Gasteiger charge is -2.22. The first-order chi connectivity index (χ1) is 10.1. The van der Waals surface area contributed by atoms with Crippen LogP contribution in [0.2, 0.25) is 0 Å². The van der Waals surface area contributed by atoms with Gasteiger partial charge in [0.25, 0.3) is 0 Å². The zero-order valence-electron chi connectivity index (χ0n) is 12.2. The molecule has 0 bridgehead atoms. The molecule has 1 aliphatic rings. The third-order valence-corrected chi connectivity index (χ3v) is 4.15. The number of nitrogens with zero attached hydrogens (tertiary/aromatic N) is 2. The number of nitrogens with two attached hydrogens (primary N) is 1. The number of benzene rings is 1. The molecular weight excluding hydrogens is 269 g/mol. The standard InChI is InChI=1S/C16H20FN3O/c1-11-8-12(10-13(17)9-11)14-19-15(21-20-14)16(18)6-4-2-3-5-7-16/h8-10H,2-7,18H2,1H3. The van der Waals surface area contributed by atoms with Gasteiger partial charge in [-0.1, -0.05) is 30.8 Å². The van der Waals surface area contributed by atoms with Crippen LogP contribution in [-0.2, 0) is 5.54 Å². The van der Waals surface area contributed by atoms with Gasteiger partial charge in [-0.05, 0) is 43.5 Å². The predicted octanol–water partition coefficient (Wildman–Crippen LogP) is 3.69. The van der Waals surface area contributed by atoms with Crippen molar-refractivity contribution in [3.8, 4) is 11.4 Å². The van der Waals surface area contributed by atoms with Crippen molar-refractivity contribution in [1.29, 1.82) is 0 Å². The first kappa shape index (κ1) is 14.2. The predicted molar refractivity (Wildman–Crippen MR) is 78.0 cm³/mol. The molecule has 0 atom stereocenters. The summed E-state index contributed by atoms with van der Waals surface area (Å²) in [5, 5.41) is 3.99. The van der Waals surface area contributed by atoms with Crippen molar-refractivity contribution >= 4 is 0 Å². The van der Waals surface area contributed by atoms with E-state index in [2.05, 4.69) is 10.1 Å². The maximum Gasteiger partial charge on any atom is 0.247 e. The van der Waals surface area contributed by atoms with Gasteiger partial charge in [-0.3, -0.25) is 0 Å². The molecule has 0 aliphatic heterocycles. The maximum absolute atomic E-state index is 13.5. The summed E-state index contributed by atoms with van der Waals surface area (Å²) in [6.07, 6.45) is 6.26. The summed E-state index contributed by atoms with van der Waals surface area (Å²) in [5.41, 5.74) is 7.38. The highest BCUT2D eigenvalue weighted by Crippen LogP contribution is 2.33. The lowest BCUT2D eigenvalue weighted by Crippen LogP contribution is -2.36. The number of halogens is 1. The average molecular weight is 289 g/mol. The van der Waals surface area contributed by atoms with Crippen molar-refractivity contribution in [2.24, 2.45) is 5.73 Å². The van der Waals surface area contributed by atoms with Crippen LogP contribution in [0.25, 0.3) is 11.4 Å². The minimum absolute atomic E-state index is 0.298. The Morgan fingerprint density at radius 2 is 1.86 bits per heavy atom. The first-order valence-corrected chi connectivity index (χ1v) is 7.47. The van der Waals surface area contributed by atoms with Crippen LogP contribution in [0.3, 0.4) is 0 Å². The number of aryl methyl sites for hydroxylation is 1. The van der Waals surface area contributed by atoms with E-state index >= 15 is 0 Å². The zero-order valence-corrected chi connectivity index (χ0v) is 12.2. The molecule has 0 unspecified atom stereocenters. The van der Waals surface area contributed by atoms with Crippen LogP contribution >= 0.6 is 0 Å². The number of hydrogen-bond donors (Lipinski definition) is 1. The normalized spacial score (nSPS) is 18.4. The zero-order chi connectivity index (χ0) is 14.9. The van der Waals surface area contributed by atoms with Gasteiger partial charge < -0.3 is 10.3 Å². The minimum atomic E-state index is -0.538. The Morgan fingerprint density at radius 1 is 1.14 bits per heavy atom. The monoisotopic (exact) mass is 289 g/mol. The van der Waals surface area contributed by atoms with Crippen LogP contribution in [-0.4, -0.2) is 10.1 Å². The fourth-order valence-corrected chi connectivity index (χ4v) is 2.98. The van der Waals surface area contributed by atoms with Gasteiger partial charge >= 0.3 is 0 Å². The third kappa shape index (κ3) is 2.97. The Balaban J connectivity index is 1.92. The van der Waals surface area contributed by atoms with Crippen LogP contribution in [0.4, 0.5) is 4.39 Å². The molecule has 1 aliphatic carbocycles. The summed E-state index contributed by atoms with van der Waals surface area (Å²) in [5.74, 6) is 0.580. The molecule has 4 nitrogen and oxygen atoms in total. The van der Waals surface area contributed by atoms with E-state index in [0.29, 0.717) is 17.3 Å². The van der Waals surface area contributed by atoms with Gasteiger partial charge in [-0.25, -0.2) is 4.39 Å². The van der Waals surface area contributed by atoms with E-state index in [9.17, 15) is 4.39 Å². The molecule has 2 N–H and O–H groups in total. The van der Waals surface area contributed by atoms with Gasteiger partial charge in [0.05, 0.1) is 5.54 Å². The lowest BCUT2D eigenvalue weighted by atomic mass is 9.91. The Hall–Kier alpha value is -1.75. The van der Waals surface area contributed by atoms with Crippen LogP contribution in [0, 0.1) is 12.7 Å². The van der Waals surface area contributed by atoms with Gasteiger partial charge in [0, 0.05) is 5.56 Å². The van der Waals surface area contributed by atoms with E-state index < -0.39 is 5.54 Å². The fourth-order valence-electron chi connectivity index (χ4n) is 2.98. The molecule has 112 valence electrons. The summed E-state index contributed by atoms with van der Waals surface area (Å²) >= 11 is 0. The van der Waals surface area contributed by atoms with Crippen molar-refractivity contribution in [3.63, 3.8) is 0 Å². The Kier molecular flexibility index (Phi) is 3.76. The van der Waals surface area contributed by atoms with Gasteiger partial charge in [0.15, 0.2) is 0 Å². The molecule has 5 heteroatoms. The highest BCUT2D eigenvalue weighted by molar-refractivity contribution is 5.55. The summed E-state index contributed by atoms with van der Waals surface area (Å²) in [4.78, 5) is 4.43. The van der Waals surface area contributed by atoms with E-state index in [0.717, 1.165) is 31.2 Å². The average Bonchev–Trinajstić information content (AvgIpc) is 2.83. The molecule has 3 rings (SSSR count). The van der Waals surface area contributed by atoms with E-state index in [1.807, 2.05) is 13.0 Å². The highest BCUT2D eigenvalue weighted by Gasteiger charge is 2.34. The molecule has 2 aromatic rings. The largest absolute Gasteiger partial charge is 0.337 e. The number of aromatic nitrogens is 2. The topological polar surface area (TPSA) is 64.9 Å². The molecule has 0 saturated heterocycles. The highest BCUT2D eigenvalue weighted by atomic mass is 19.1. The van der Waals surface area contributed by atoms with Crippen molar-refractivity contribution in [3.05, 3.63) is 35.5 Å². The Bertz CT molecular complexity index is 610. The van der Waals surface area contributed by atoms with E-state index in [1.54, 1.807) is 0 Å². The maximum atomic E-state index is 13.5. The third-order valence-electron chi connectivity index (χ3n) is 4.15. The van der Waals surface area contributed by atoms with Gasteiger partial charge in [-0.15, -0.1) is 0 Å². The molecule has 1 heterocycles. The molecule has 21 heavy (non-hydrogen) atoms. The molecule has 0 radical (unpaired) electrons. The molecule has 1 fully saturated rings. The quantitative estimate of drug-likeness (QED) is 0.856. The first-order valence-electron chi connectivity index (χ1n) is 7.47. The molecule has 1 aromatic carbocycles. The minimum Gasteiger partial charge on any atom is -0.337 e. The molecule has 1 aromatic heterocycles. The number of hydrogen-bond acceptors (Lipinski definition) is 4. The van der Waals surface area contributed by atoms with Gasteiger partial charge in [0.2, 0.25) is 11.7 Å². The van der Waals surface area contributed by atoms with E-state index in [1.165, 1.54) is 25.0 Å². The molecule has 0 spiro atoms. The molecular formula is C16H20FN3O. The van der Waals surface area contributed by atoms with Gasteiger partial charge in [0.1, 0.15) is 5.82 Å². The van der Waals surface area contributed by atoms with Crippen LogP contribution in [0.5, 0.6) is 0 Å². The smallest absolute Gasteiger partial charge is 0.247 e. The van der Waals surface area contributed by atoms with Crippen LogP contribution in [0.15, 0.2) is 22.7 Å². The SMILES string of the molecule is Cc1cc(F)cc(-c2noc(C3(N)CCCCCC3)n2)c1.